The highest BCUT2D eigenvalue weighted by atomic mass is 32.2. The Kier molecular flexibility index (Phi) is 5.34. The SMILES string of the molecule is Cc1ccc(-n2cnnc2SCC(=O)N(C2=CCCCC2)C2CC2)c(C)c1. The molecule has 2 aliphatic carbocycles. The lowest BCUT2D eigenvalue weighted by Gasteiger charge is -2.27. The Morgan fingerprint density at radius 2 is 2.15 bits per heavy atom. The summed E-state index contributed by atoms with van der Waals surface area (Å²) in [6.45, 7) is 4.18. The number of amides is 1. The molecule has 1 fully saturated rings. The molecule has 142 valence electrons. The maximum Gasteiger partial charge on any atom is 0.237 e. The van der Waals surface area contributed by atoms with Gasteiger partial charge >= 0.3 is 0 Å². The van der Waals surface area contributed by atoms with Crippen LogP contribution in [-0.4, -0.2) is 37.4 Å². The molecule has 0 aliphatic heterocycles. The van der Waals surface area contributed by atoms with Gasteiger partial charge in [-0.1, -0.05) is 35.5 Å². The van der Waals surface area contributed by atoms with E-state index in [0.29, 0.717) is 11.8 Å². The van der Waals surface area contributed by atoms with Crippen molar-refractivity contribution >= 4 is 17.7 Å². The molecule has 0 N–H and O–H groups in total. The van der Waals surface area contributed by atoms with Gasteiger partial charge in [0.2, 0.25) is 5.91 Å². The van der Waals surface area contributed by atoms with Crippen LogP contribution in [0.3, 0.4) is 0 Å². The van der Waals surface area contributed by atoms with Crippen molar-refractivity contribution < 1.29 is 4.79 Å². The predicted octanol–water partition coefficient (Wildman–Crippen LogP) is 4.43. The summed E-state index contributed by atoms with van der Waals surface area (Å²) < 4.78 is 1.98. The van der Waals surface area contributed by atoms with Crippen LogP contribution >= 0.6 is 11.8 Å². The van der Waals surface area contributed by atoms with Crippen molar-refractivity contribution in [3.63, 3.8) is 0 Å². The third kappa shape index (κ3) is 4.10. The number of carbonyl (C=O) groups excluding carboxylic acids is 1. The van der Waals surface area contributed by atoms with E-state index < -0.39 is 0 Å². The molecule has 6 heteroatoms. The number of carbonyl (C=O) groups is 1. The average Bonchev–Trinajstić information content (AvgIpc) is 3.38. The van der Waals surface area contributed by atoms with Gasteiger partial charge in [-0.15, -0.1) is 10.2 Å². The lowest BCUT2D eigenvalue weighted by molar-refractivity contribution is -0.127. The van der Waals surface area contributed by atoms with Gasteiger partial charge in [0.05, 0.1) is 11.4 Å². The highest BCUT2D eigenvalue weighted by Gasteiger charge is 2.35. The summed E-state index contributed by atoms with van der Waals surface area (Å²) in [6.07, 6.45) is 10.8. The number of thioether (sulfide) groups is 1. The zero-order chi connectivity index (χ0) is 18.8. The molecular weight excluding hydrogens is 356 g/mol. The predicted molar refractivity (Wildman–Crippen MR) is 108 cm³/mol. The average molecular weight is 383 g/mol. The van der Waals surface area contributed by atoms with Crippen LogP contribution < -0.4 is 0 Å². The van der Waals surface area contributed by atoms with Gasteiger partial charge in [0.1, 0.15) is 6.33 Å². The fraction of sp³-hybridized carbons (Fsp3) is 0.476. The monoisotopic (exact) mass is 382 g/mol. The summed E-state index contributed by atoms with van der Waals surface area (Å²) in [6, 6.07) is 6.74. The van der Waals surface area contributed by atoms with E-state index in [4.69, 9.17) is 0 Å². The topological polar surface area (TPSA) is 51.0 Å². The Bertz CT molecular complexity index is 869. The normalized spacial score (nSPS) is 16.9. The maximum absolute atomic E-state index is 13.0. The second-order valence-corrected chi connectivity index (χ2v) is 8.44. The second-order valence-electron chi connectivity index (χ2n) is 7.50. The minimum atomic E-state index is 0.200. The summed E-state index contributed by atoms with van der Waals surface area (Å²) in [7, 11) is 0. The molecule has 2 aliphatic rings. The minimum absolute atomic E-state index is 0.200. The first-order chi connectivity index (χ1) is 13.1. The summed E-state index contributed by atoms with van der Waals surface area (Å²) in [5.41, 5.74) is 4.71. The smallest absolute Gasteiger partial charge is 0.237 e. The van der Waals surface area contributed by atoms with Crippen molar-refractivity contribution in [3.05, 3.63) is 47.4 Å². The summed E-state index contributed by atoms with van der Waals surface area (Å²) >= 11 is 1.48. The van der Waals surface area contributed by atoms with Gasteiger partial charge in [-0.2, -0.15) is 0 Å². The fourth-order valence-corrected chi connectivity index (χ4v) is 4.51. The zero-order valence-corrected chi connectivity index (χ0v) is 16.8. The summed E-state index contributed by atoms with van der Waals surface area (Å²) in [5, 5.41) is 9.10. The number of rotatable bonds is 6. The van der Waals surface area contributed by atoms with Gasteiger partial charge in [0, 0.05) is 11.7 Å². The van der Waals surface area contributed by atoms with Gasteiger partial charge in [0.25, 0.3) is 0 Å². The van der Waals surface area contributed by atoms with Crippen LogP contribution in [-0.2, 0) is 4.79 Å². The number of allylic oxidation sites excluding steroid dienone is 2. The first-order valence-electron chi connectivity index (χ1n) is 9.75. The van der Waals surface area contributed by atoms with E-state index in [1.165, 1.54) is 41.4 Å². The number of hydrogen-bond donors (Lipinski definition) is 0. The number of hydrogen-bond acceptors (Lipinski definition) is 4. The summed E-state index contributed by atoms with van der Waals surface area (Å²) in [4.78, 5) is 15.1. The van der Waals surface area contributed by atoms with Crippen LogP contribution in [0.2, 0.25) is 0 Å². The molecule has 1 amide bonds. The van der Waals surface area contributed by atoms with Crippen LogP contribution in [0.25, 0.3) is 5.69 Å². The number of nitrogens with zero attached hydrogens (tertiary/aromatic N) is 4. The third-order valence-electron chi connectivity index (χ3n) is 5.21. The van der Waals surface area contributed by atoms with Crippen LogP contribution in [0.15, 0.2) is 41.5 Å². The van der Waals surface area contributed by atoms with Crippen LogP contribution in [0.5, 0.6) is 0 Å². The Balaban J connectivity index is 1.48. The van der Waals surface area contributed by atoms with Crippen LogP contribution in [0.1, 0.15) is 49.7 Å². The highest BCUT2D eigenvalue weighted by molar-refractivity contribution is 7.99. The van der Waals surface area contributed by atoms with E-state index in [1.807, 2.05) is 4.57 Å². The van der Waals surface area contributed by atoms with Gasteiger partial charge in [-0.05, 0) is 64.0 Å². The van der Waals surface area contributed by atoms with E-state index in [0.717, 1.165) is 36.5 Å². The molecule has 0 saturated heterocycles. The van der Waals surface area contributed by atoms with Gasteiger partial charge < -0.3 is 4.90 Å². The molecule has 0 radical (unpaired) electrons. The van der Waals surface area contributed by atoms with Gasteiger partial charge in [-0.25, -0.2) is 0 Å². The molecule has 2 aromatic rings. The molecule has 27 heavy (non-hydrogen) atoms. The van der Waals surface area contributed by atoms with E-state index in [2.05, 4.69) is 53.2 Å². The van der Waals surface area contributed by atoms with E-state index in [-0.39, 0.29) is 5.91 Å². The van der Waals surface area contributed by atoms with Gasteiger partial charge in [-0.3, -0.25) is 9.36 Å². The quantitative estimate of drug-likeness (QED) is 0.694. The first kappa shape index (κ1) is 18.3. The largest absolute Gasteiger partial charge is 0.313 e. The number of aryl methyl sites for hydroxylation is 2. The molecule has 0 spiro atoms. The minimum Gasteiger partial charge on any atom is -0.313 e. The molecule has 5 nitrogen and oxygen atoms in total. The van der Waals surface area contributed by atoms with Crippen LogP contribution in [0, 0.1) is 13.8 Å². The Morgan fingerprint density at radius 1 is 1.30 bits per heavy atom. The van der Waals surface area contributed by atoms with E-state index in [1.54, 1.807) is 6.33 Å². The van der Waals surface area contributed by atoms with E-state index in [9.17, 15) is 4.79 Å². The third-order valence-corrected chi connectivity index (χ3v) is 6.14. The van der Waals surface area contributed by atoms with Crippen molar-refractivity contribution in [3.8, 4) is 5.69 Å². The van der Waals surface area contributed by atoms with Gasteiger partial charge in [0.15, 0.2) is 5.16 Å². The van der Waals surface area contributed by atoms with Crippen molar-refractivity contribution in [2.75, 3.05) is 5.75 Å². The molecule has 1 saturated carbocycles. The zero-order valence-electron chi connectivity index (χ0n) is 16.0. The first-order valence-corrected chi connectivity index (χ1v) is 10.7. The molecule has 4 rings (SSSR count). The number of aromatic nitrogens is 3. The molecule has 1 aromatic carbocycles. The van der Waals surface area contributed by atoms with Crippen LogP contribution in [0.4, 0.5) is 0 Å². The standard InChI is InChI=1S/C21H26N4OS/c1-15-8-11-19(16(2)12-15)24-14-22-23-21(24)27-13-20(26)25(18-9-10-18)17-6-4-3-5-7-17/h6,8,11-12,14,18H,3-5,7,9-10,13H2,1-2H3. The maximum atomic E-state index is 13.0. The summed E-state index contributed by atoms with van der Waals surface area (Å²) in [5.74, 6) is 0.600. The molecule has 0 bridgehead atoms. The molecular formula is C21H26N4OS. The highest BCUT2D eigenvalue weighted by Crippen LogP contribution is 2.34. The lowest BCUT2D eigenvalue weighted by atomic mass is 10.0. The molecule has 1 aromatic heterocycles. The van der Waals surface area contributed by atoms with Crippen molar-refractivity contribution in [2.24, 2.45) is 0 Å². The molecule has 1 heterocycles. The Labute approximate surface area is 164 Å². The van der Waals surface area contributed by atoms with E-state index >= 15 is 0 Å². The number of benzene rings is 1. The molecule has 0 atom stereocenters. The Morgan fingerprint density at radius 3 is 2.85 bits per heavy atom. The lowest BCUT2D eigenvalue weighted by Crippen LogP contribution is -2.34. The second kappa shape index (κ2) is 7.89. The Hall–Kier alpha value is -2.08. The van der Waals surface area contributed by atoms with Crippen molar-refractivity contribution in [1.82, 2.24) is 19.7 Å². The van der Waals surface area contributed by atoms with Crippen molar-refractivity contribution in [2.45, 2.75) is 63.6 Å². The fourth-order valence-electron chi connectivity index (χ4n) is 3.73. The molecule has 0 unspecified atom stereocenters. The van der Waals surface area contributed by atoms with Crippen molar-refractivity contribution in [1.29, 1.82) is 0 Å².